The number of hydrogen-bond donors (Lipinski definition) is 1. The van der Waals surface area contributed by atoms with E-state index in [0.717, 1.165) is 30.5 Å². The predicted octanol–water partition coefficient (Wildman–Crippen LogP) is 2.23. The van der Waals surface area contributed by atoms with Crippen LogP contribution in [0.3, 0.4) is 0 Å². The second-order valence-electron chi connectivity index (χ2n) is 5.49. The van der Waals surface area contributed by atoms with Gasteiger partial charge in [0.05, 0.1) is 12.6 Å². The molecule has 4 nitrogen and oxygen atoms in total. The Hall–Kier alpha value is -1.57. The van der Waals surface area contributed by atoms with Gasteiger partial charge in [-0.15, -0.1) is 0 Å². The highest BCUT2D eigenvalue weighted by Gasteiger charge is 2.25. The van der Waals surface area contributed by atoms with Crippen LogP contribution in [-0.4, -0.2) is 37.0 Å². The number of hydrogen-bond acceptors (Lipinski definition) is 3. The number of amides is 1. The number of halogens is 1. The summed E-state index contributed by atoms with van der Waals surface area (Å²) in [5.74, 6) is 0.660. The van der Waals surface area contributed by atoms with E-state index in [1.807, 2.05) is 30.3 Å². The standard InChI is InChI=1S/C16H20ClN3O/c17-15-5-3-13(4-6-15)7-10-20(11-14-1-2-14)12-16(21)19-9-8-18/h3-6,14H,1-2,7,9-12H2,(H,19,21). The fraction of sp³-hybridized carbons (Fsp3) is 0.500. The Morgan fingerprint density at radius 2 is 2.10 bits per heavy atom. The molecule has 1 aliphatic carbocycles. The number of nitrogens with one attached hydrogen (secondary N) is 1. The smallest absolute Gasteiger partial charge is 0.235 e. The molecule has 1 aromatic carbocycles. The quantitative estimate of drug-likeness (QED) is 0.749. The summed E-state index contributed by atoms with van der Waals surface area (Å²) < 4.78 is 0. The van der Waals surface area contributed by atoms with E-state index >= 15 is 0 Å². The van der Waals surface area contributed by atoms with E-state index in [1.165, 1.54) is 18.4 Å². The first-order valence-electron chi connectivity index (χ1n) is 7.28. The maximum absolute atomic E-state index is 11.7. The van der Waals surface area contributed by atoms with Crippen LogP contribution in [0.5, 0.6) is 0 Å². The average Bonchev–Trinajstić information content (AvgIpc) is 3.28. The zero-order valence-electron chi connectivity index (χ0n) is 12.0. The minimum absolute atomic E-state index is 0.0756. The van der Waals surface area contributed by atoms with Crippen molar-refractivity contribution in [3.05, 3.63) is 34.9 Å². The second-order valence-corrected chi connectivity index (χ2v) is 5.93. The molecule has 0 atom stereocenters. The molecule has 1 saturated carbocycles. The zero-order valence-corrected chi connectivity index (χ0v) is 12.8. The van der Waals surface area contributed by atoms with Crippen molar-refractivity contribution in [2.45, 2.75) is 19.3 Å². The van der Waals surface area contributed by atoms with Crippen LogP contribution < -0.4 is 5.32 Å². The summed E-state index contributed by atoms with van der Waals surface area (Å²) in [7, 11) is 0. The lowest BCUT2D eigenvalue weighted by Gasteiger charge is -2.21. The molecule has 0 aromatic heterocycles. The molecule has 0 heterocycles. The van der Waals surface area contributed by atoms with E-state index in [-0.39, 0.29) is 12.5 Å². The molecule has 1 amide bonds. The molecule has 0 radical (unpaired) electrons. The Bertz CT molecular complexity index is 505. The Kier molecular flexibility index (Phi) is 6.04. The van der Waals surface area contributed by atoms with Crippen LogP contribution in [-0.2, 0) is 11.2 Å². The molecule has 0 saturated heterocycles. The van der Waals surface area contributed by atoms with Crippen molar-refractivity contribution in [3.63, 3.8) is 0 Å². The fourth-order valence-electron chi connectivity index (χ4n) is 2.24. The van der Waals surface area contributed by atoms with E-state index in [9.17, 15) is 4.79 Å². The van der Waals surface area contributed by atoms with Crippen molar-refractivity contribution in [1.29, 1.82) is 5.26 Å². The van der Waals surface area contributed by atoms with E-state index in [2.05, 4.69) is 10.2 Å². The summed E-state index contributed by atoms with van der Waals surface area (Å²) in [5, 5.41) is 11.8. The molecular formula is C16H20ClN3O. The third kappa shape index (κ3) is 6.16. The molecule has 112 valence electrons. The van der Waals surface area contributed by atoms with Gasteiger partial charge in [-0.05, 0) is 42.9 Å². The first-order chi connectivity index (χ1) is 10.2. The van der Waals surface area contributed by atoms with Gasteiger partial charge in [-0.2, -0.15) is 5.26 Å². The predicted molar refractivity (Wildman–Crippen MR) is 82.9 cm³/mol. The monoisotopic (exact) mass is 305 g/mol. The van der Waals surface area contributed by atoms with Gasteiger partial charge in [-0.1, -0.05) is 23.7 Å². The number of carbonyl (C=O) groups is 1. The molecular weight excluding hydrogens is 286 g/mol. The van der Waals surface area contributed by atoms with E-state index in [4.69, 9.17) is 16.9 Å². The zero-order chi connectivity index (χ0) is 15.1. The minimum atomic E-state index is -0.0756. The van der Waals surface area contributed by atoms with Gasteiger partial charge in [0, 0.05) is 18.1 Å². The summed E-state index contributed by atoms with van der Waals surface area (Å²) in [4.78, 5) is 13.9. The highest BCUT2D eigenvalue weighted by Crippen LogP contribution is 2.29. The van der Waals surface area contributed by atoms with Crippen LogP contribution in [0, 0.1) is 17.2 Å². The van der Waals surface area contributed by atoms with Crippen molar-refractivity contribution in [2.24, 2.45) is 5.92 Å². The Morgan fingerprint density at radius 1 is 1.38 bits per heavy atom. The normalized spacial score (nSPS) is 14.0. The molecule has 1 aliphatic rings. The van der Waals surface area contributed by atoms with Gasteiger partial charge >= 0.3 is 0 Å². The average molecular weight is 306 g/mol. The van der Waals surface area contributed by atoms with Gasteiger partial charge in [-0.3, -0.25) is 9.69 Å². The SMILES string of the molecule is N#CCNC(=O)CN(CCc1ccc(Cl)cc1)CC1CC1. The lowest BCUT2D eigenvalue weighted by atomic mass is 10.1. The van der Waals surface area contributed by atoms with Gasteiger partial charge in [0.15, 0.2) is 0 Å². The third-order valence-corrected chi connectivity index (χ3v) is 3.83. The molecule has 0 unspecified atom stereocenters. The summed E-state index contributed by atoms with van der Waals surface area (Å²) in [6.07, 6.45) is 3.42. The summed E-state index contributed by atoms with van der Waals surface area (Å²) >= 11 is 5.88. The van der Waals surface area contributed by atoms with Crippen LogP contribution in [0.1, 0.15) is 18.4 Å². The molecule has 0 aliphatic heterocycles. The van der Waals surface area contributed by atoms with Crippen LogP contribution >= 0.6 is 11.6 Å². The second kappa shape index (κ2) is 8.02. The number of nitriles is 1. The van der Waals surface area contributed by atoms with Crippen LogP contribution in [0.15, 0.2) is 24.3 Å². The maximum Gasteiger partial charge on any atom is 0.235 e. The Morgan fingerprint density at radius 3 is 2.71 bits per heavy atom. The Labute approximate surface area is 130 Å². The number of nitrogens with zero attached hydrogens (tertiary/aromatic N) is 2. The van der Waals surface area contributed by atoms with Gasteiger partial charge in [0.25, 0.3) is 0 Å². The van der Waals surface area contributed by atoms with Crippen molar-refractivity contribution in [1.82, 2.24) is 10.2 Å². The first kappa shape index (κ1) is 15.8. The summed E-state index contributed by atoms with van der Waals surface area (Å²) in [6.45, 7) is 2.25. The molecule has 5 heteroatoms. The van der Waals surface area contributed by atoms with Crippen molar-refractivity contribution in [2.75, 3.05) is 26.2 Å². The fourth-order valence-corrected chi connectivity index (χ4v) is 2.36. The minimum Gasteiger partial charge on any atom is -0.342 e. The van der Waals surface area contributed by atoms with Crippen molar-refractivity contribution in [3.8, 4) is 6.07 Å². The first-order valence-corrected chi connectivity index (χ1v) is 7.65. The molecule has 0 spiro atoms. The van der Waals surface area contributed by atoms with Crippen molar-refractivity contribution < 1.29 is 4.79 Å². The van der Waals surface area contributed by atoms with Crippen LogP contribution in [0.25, 0.3) is 0 Å². The van der Waals surface area contributed by atoms with Gasteiger partial charge in [-0.25, -0.2) is 0 Å². The molecule has 1 aromatic rings. The van der Waals surface area contributed by atoms with E-state index in [0.29, 0.717) is 6.54 Å². The molecule has 0 bridgehead atoms. The summed E-state index contributed by atoms with van der Waals surface area (Å²) in [6, 6.07) is 9.75. The number of benzene rings is 1. The molecule has 1 N–H and O–H groups in total. The topological polar surface area (TPSA) is 56.1 Å². The van der Waals surface area contributed by atoms with E-state index in [1.54, 1.807) is 0 Å². The lowest BCUT2D eigenvalue weighted by molar-refractivity contribution is -0.122. The number of rotatable bonds is 8. The van der Waals surface area contributed by atoms with Crippen LogP contribution in [0.4, 0.5) is 0 Å². The number of carbonyl (C=O) groups excluding carboxylic acids is 1. The maximum atomic E-state index is 11.7. The van der Waals surface area contributed by atoms with Gasteiger partial charge < -0.3 is 5.32 Å². The van der Waals surface area contributed by atoms with Crippen molar-refractivity contribution >= 4 is 17.5 Å². The van der Waals surface area contributed by atoms with Crippen LogP contribution in [0.2, 0.25) is 5.02 Å². The molecule has 1 fully saturated rings. The third-order valence-electron chi connectivity index (χ3n) is 3.58. The van der Waals surface area contributed by atoms with Gasteiger partial charge in [0.1, 0.15) is 6.54 Å². The van der Waals surface area contributed by atoms with E-state index < -0.39 is 0 Å². The highest BCUT2D eigenvalue weighted by atomic mass is 35.5. The Balaban J connectivity index is 1.82. The largest absolute Gasteiger partial charge is 0.342 e. The summed E-state index contributed by atoms with van der Waals surface area (Å²) in [5.41, 5.74) is 1.22. The molecule has 21 heavy (non-hydrogen) atoms. The van der Waals surface area contributed by atoms with Gasteiger partial charge in [0.2, 0.25) is 5.91 Å². The lowest BCUT2D eigenvalue weighted by Crippen LogP contribution is -2.39. The highest BCUT2D eigenvalue weighted by molar-refractivity contribution is 6.30. The molecule has 2 rings (SSSR count).